The number of aromatic nitrogens is 2. The second-order valence-corrected chi connectivity index (χ2v) is 5.83. The van der Waals surface area contributed by atoms with Gasteiger partial charge in [0.05, 0.1) is 16.7 Å². The Morgan fingerprint density at radius 3 is 2.59 bits per heavy atom. The number of fused-ring (bicyclic) bond motifs is 1. The molecular weight excluding hydrogens is 294 g/mol. The fourth-order valence-electron chi connectivity index (χ4n) is 2.83. The summed E-state index contributed by atoms with van der Waals surface area (Å²) in [6.07, 6.45) is 1.09. The van der Waals surface area contributed by atoms with Crippen LogP contribution in [-0.2, 0) is 13.6 Å². The number of halogens is 1. The van der Waals surface area contributed by atoms with E-state index < -0.39 is 0 Å². The summed E-state index contributed by atoms with van der Waals surface area (Å²) in [7, 11) is 1.97. The number of rotatable bonds is 5. The van der Waals surface area contributed by atoms with Crippen LogP contribution in [0.5, 0.6) is 0 Å². The van der Waals surface area contributed by atoms with E-state index in [0.29, 0.717) is 5.28 Å². The number of hydrogen-bond donors (Lipinski definition) is 0. The highest BCUT2D eigenvalue weighted by Crippen LogP contribution is 2.29. The van der Waals surface area contributed by atoms with Crippen molar-refractivity contribution in [2.75, 3.05) is 11.4 Å². The van der Waals surface area contributed by atoms with E-state index in [-0.39, 0.29) is 0 Å². The SMILES string of the molecule is CCCN(Cc1ccccc1)c1cccc2nc(Cl)n(C)c12. The molecule has 1 heterocycles. The Bertz CT molecular complexity index is 765. The van der Waals surface area contributed by atoms with Crippen LogP contribution in [0.2, 0.25) is 5.28 Å². The lowest BCUT2D eigenvalue weighted by atomic mass is 10.1. The van der Waals surface area contributed by atoms with E-state index >= 15 is 0 Å². The molecule has 22 heavy (non-hydrogen) atoms. The highest BCUT2D eigenvalue weighted by molar-refractivity contribution is 6.29. The van der Waals surface area contributed by atoms with Gasteiger partial charge in [-0.3, -0.25) is 0 Å². The highest BCUT2D eigenvalue weighted by Gasteiger charge is 2.15. The normalized spacial score (nSPS) is 11.0. The molecule has 0 atom stereocenters. The topological polar surface area (TPSA) is 21.1 Å². The van der Waals surface area contributed by atoms with Gasteiger partial charge in [0, 0.05) is 20.1 Å². The molecule has 114 valence electrons. The van der Waals surface area contributed by atoms with E-state index in [4.69, 9.17) is 11.6 Å². The molecule has 0 saturated carbocycles. The Morgan fingerprint density at radius 1 is 1.09 bits per heavy atom. The van der Waals surface area contributed by atoms with Gasteiger partial charge < -0.3 is 9.47 Å². The molecule has 0 amide bonds. The first-order valence-electron chi connectivity index (χ1n) is 7.60. The van der Waals surface area contributed by atoms with E-state index in [0.717, 1.165) is 30.5 Å². The first kappa shape index (κ1) is 14.9. The first-order valence-corrected chi connectivity index (χ1v) is 7.98. The molecule has 0 aliphatic heterocycles. The number of benzene rings is 2. The van der Waals surface area contributed by atoms with Crippen molar-refractivity contribution < 1.29 is 0 Å². The van der Waals surface area contributed by atoms with Gasteiger partial charge >= 0.3 is 0 Å². The highest BCUT2D eigenvalue weighted by atomic mass is 35.5. The van der Waals surface area contributed by atoms with Crippen LogP contribution in [0.15, 0.2) is 48.5 Å². The van der Waals surface area contributed by atoms with Crippen LogP contribution >= 0.6 is 11.6 Å². The molecule has 0 radical (unpaired) electrons. The smallest absolute Gasteiger partial charge is 0.203 e. The molecule has 0 aliphatic carbocycles. The largest absolute Gasteiger partial charge is 0.365 e. The second kappa shape index (κ2) is 6.41. The molecule has 4 heteroatoms. The summed E-state index contributed by atoms with van der Waals surface area (Å²) in [5.74, 6) is 0. The monoisotopic (exact) mass is 313 g/mol. The van der Waals surface area contributed by atoms with Gasteiger partial charge in [-0.1, -0.05) is 43.3 Å². The minimum Gasteiger partial charge on any atom is -0.365 e. The summed E-state index contributed by atoms with van der Waals surface area (Å²) in [6, 6.07) is 16.8. The second-order valence-electron chi connectivity index (χ2n) is 5.49. The zero-order valence-electron chi connectivity index (χ0n) is 13.0. The van der Waals surface area contributed by atoms with Crippen molar-refractivity contribution in [2.24, 2.45) is 7.05 Å². The van der Waals surface area contributed by atoms with Crippen molar-refractivity contribution in [1.82, 2.24) is 9.55 Å². The van der Waals surface area contributed by atoms with Crippen LogP contribution in [0.3, 0.4) is 0 Å². The van der Waals surface area contributed by atoms with E-state index in [1.165, 1.54) is 11.3 Å². The standard InChI is InChI=1S/C18H20ClN3/c1-3-12-22(13-14-8-5-4-6-9-14)16-11-7-10-15-17(16)21(2)18(19)20-15/h4-11H,3,12-13H2,1-2H3. The molecule has 0 bridgehead atoms. The lowest BCUT2D eigenvalue weighted by molar-refractivity contribution is 0.767. The fourth-order valence-corrected chi connectivity index (χ4v) is 3.01. The van der Waals surface area contributed by atoms with Crippen molar-refractivity contribution in [1.29, 1.82) is 0 Å². The summed E-state index contributed by atoms with van der Waals surface area (Å²) < 4.78 is 1.96. The first-order chi connectivity index (χ1) is 10.7. The van der Waals surface area contributed by atoms with Crippen LogP contribution < -0.4 is 4.90 Å². The van der Waals surface area contributed by atoms with Crippen LogP contribution in [0.1, 0.15) is 18.9 Å². The van der Waals surface area contributed by atoms with Crippen molar-refractivity contribution >= 4 is 28.3 Å². The van der Waals surface area contributed by atoms with Gasteiger partial charge in [-0.15, -0.1) is 0 Å². The van der Waals surface area contributed by atoms with Gasteiger partial charge in [-0.25, -0.2) is 4.98 Å². The van der Waals surface area contributed by atoms with Gasteiger partial charge in [0.2, 0.25) is 5.28 Å². The van der Waals surface area contributed by atoms with E-state index in [9.17, 15) is 0 Å². The minimum atomic E-state index is 0.526. The number of para-hydroxylation sites is 1. The Morgan fingerprint density at radius 2 is 1.86 bits per heavy atom. The average molecular weight is 314 g/mol. The number of nitrogens with zero attached hydrogens (tertiary/aromatic N) is 3. The van der Waals surface area contributed by atoms with Crippen LogP contribution in [-0.4, -0.2) is 16.1 Å². The van der Waals surface area contributed by atoms with Gasteiger partial charge in [-0.05, 0) is 35.7 Å². The molecule has 2 aromatic carbocycles. The molecule has 3 rings (SSSR count). The average Bonchev–Trinajstić information content (AvgIpc) is 2.83. The third-order valence-corrected chi connectivity index (χ3v) is 4.21. The summed E-state index contributed by atoms with van der Waals surface area (Å²) in [6.45, 7) is 4.09. The summed E-state index contributed by atoms with van der Waals surface area (Å²) >= 11 is 6.20. The molecule has 1 aromatic heterocycles. The van der Waals surface area contributed by atoms with Crippen LogP contribution in [0.4, 0.5) is 5.69 Å². The number of hydrogen-bond acceptors (Lipinski definition) is 2. The van der Waals surface area contributed by atoms with E-state index in [1.807, 2.05) is 17.7 Å². The molecular formula is C18H20ClN3. The summed E-state index contributed by atoms with van der Waals surface area (Å²) in [5.41, 5.74) is 4.53. The number of anilines is 1. The Balaban J connectivity index is 2.05. The molecule has 0 N–H and O–H groups in total. The summed E-state index contributed by atoms with van der Waals surface area (Å²) in [5, 5.41) is 0.526. The molecule has 0 aliphatic rings. The predicted octanol–water partition coefficient (Wildman–Crippen LogP) is 4.64. The van der Waals surface area contributed by atoms with Gasteiger partial charge in [0.1, 0.15) is 0 Å². The zero-order valence-corrected chi connectivity index (χ0v) is 13.7. The molecule has 0 unspecified atom stereocenters. The van der Waals surface area contributed by atoms with Crippen molar-refractivity contribution in [2.45, 2.75) is 19.9 Å². The van der Waals surface area contributed by atoms with E-state index in [1.54, 1.807) is 0 Å². The van der Waals surface area contributed by atoms with Gasteiger partial charge in [-0.2, -0.15) is 0 Å². The van der Waals surface area contributed by atoms with Gasteiger partial charge in [0.15, 0.2) is 0 Å². The van der Waals surface area contributed by atoms with Crippen molar-refractivity contribution in [3.8, 4) is 0 Å². The Kier molecular flexibility index (Phi) is 4.34. The van der Waals surface area contributed by atoms with E-state index in [2.05, 4.69) is 59.3 Å². The molecule has 3 aromatic rings. The van der Waals surface area contributed by atoms with Crippen LogP contribution in [0.25, 0.3) is 11.0 Å². The lowest BCUT2D eigenvalue weighted by Crippen LogP contribution is -2.24. The third kappa shape index (κ3) is 2.81. The van der Waals surface area contributed by atoms with Crippen molar-refractivity contribution in [3.05, 3.63) is 59.4 Å². The molecule has 0 spiro atoms. The third-order valence-electron chi connectivity index (χ3n) is 3.87. The lowest BCUT2D eigenvalue weighted by Gasteiger charge is -2.25. The number of imidazole rings is 1. The Labute approximate surface area is 136 Å². The van der Waals surface area contributed by atoms with Crippen molar-refractivity contribution in [3.63, 3.8) is 0 Å². The fraction of sp³-hybridized carbons (Fsp3) is 0.278. The molecule has 0 fully saturated rings. The molecule has 3 nitrogen and oxygen atoms in total. The molecule has 0 saturated heterocycles. The predicted molar refractivity (Wildman–Crippen MR) is 93.5 cm³/mol. The van der Waals surface area contributed by atoms with Crippen LogP contribution in [0, 0.1) is 0 Å². The minimum absolute atomic E-state index is 0.526. The maximum Gasteiger partial charge on any atom is 0.203 e. The quantitative estimate of drug-likeness (QED) is 0.684. The van der Waals surface area contributed by atoms with Gasteiger partial charge in [0.25, 0.3) is 0 Å². The summed E-state index contributed by atoms with van der Waals surface area (Å²) in [4.78, 5) is 6.82. The Hall–Kier alpha value is -2.00. The zero-order chi connectivity index (χ0) is 15.5. The maximum absolute atomic E-state index is 6.20. The number of aryl methyl sites for hydroxylation is 1. The maximum atomic E-state index is 6.20.